The number of nitrogens with two attached hydrogens (primary N) is 1. The van der Waals surface area contributed by atoms with E-state index in [2.05, 4.69) is 18.5 Å². The predicted molar refractivity (Wildman–Crippen MR) is 72.1 cm³/mol. The third kappa shape index (κ3) is 3.50. The van der Waals surface area contributed by atoms with E-state index < -0.39 is 0 Å². The maximum atomic E-state index is 5.98. The van der Waals surface area contributed by atoms with E-state index in [9.17, 15) is 0 Å². The van der Waals surface area contributed by atoms with E-state index in [0.29, 0.717) is 16.8 Å². The summed E-state index contributed by atoms with van der Waals surface area (Å²) in [5.41, 5.74) is 8.55. The standard InChI is InChI=1S/C11H17ClN2S/c1-7-4-10(13)9(12)5-11(7)14-8(2)6-15-3/h4-5,8,14H,6,13H2,1-3H3. The third-order valence-electron chi connectivity index (χ3n) is 2.16. The Kier molecular flexibility index (Phi) is 4.61. The van der Waals surface area contributed by atoms with Gasteiger partial charge >= 0.3 is 0 Å². The summed E-state index contributed by atoms with van der Waals surface area (Å²) >= 11 is 7.80. The van der Waals surface area contributed by atoms with Crippen molar-refractivity contribution in [3.05, 3.63) is 22.7 Å². The average molecular weight is 245 g/mol. The number of nitrogen functional groups attached to an aromatic ring is 1. The van der Waals surface area contributed by atoms with Gasteiger partial charge in [0.05, 0.1) is 10.7 Å². The van der Waals surface area contributed by atoms with Crippen molar-refractivity contribution in [1.29, 1.82) is 0 Å². The molecule has 84 valence electrons. The van der Waals surface area contributed by atoms with E-state index in [0.717, 1.165) is 17.0 Å². The van der Waals surface area contributed by atoms with Crippen LogP contribution in [-0.4, -0.2) is 18.1 Å². The first-order valence-corrected chi connectivity index (χ1v) is 6.63. The lowest BCUT2D eigenvalue weighted by molar-refractivity contribution is 0.912. The molecule has 4 heteroatoms. The minimum atomic E-state index is 0.429. The summed E-state index contributed by atoms with van der Waals surface area (Å²) in [6.45, 7) is 4.18. The molecule has 0 aliphatic carbocycles. The fraction of sp³-hybridized carbons (Fsp3) is 0.455. The first-order chi connectivity index (χ1) is 7.04. The zero-order valence-electron chi connectivity index (χ0n) is 9.30. The molecular formula is C11H17ClN2S. The molecule has 1 rings (SSSR count). The van der Waals surface area contributed by atoms with Gasteiger partial charge in [0.25, 0.3) is 0 Å². The molecule has 2 nitrogen and oxygen atoms in total. The van der Waals surface area contributed by atoms with Gasteiger partial charge in [-0.25, -0.2) is 0 Å². The Labute approximate surface area is 101 Å². The zero-order valence-corrected chi connectivity index (χ0v) is 10.9. The Morgan fingerprint density at radius 2 is 2.20 bits per heavy atom. The van der Waals surface area contributed by atoms with Crippen LogP contribution in [0.25, 0.3) is 0 Å². The number of nitrogens with one attached hydrogen (secondary N) is 1. The number of benzene rings is 1. The van der Waals surface area contributed by atoms with Gasteiger partial charge in [-0.1, -0.05) is 11.6 Å². The molecule has 0 saturated carbocycles. The number of halogens is 1. The average Bonchev–Trinajstić information content (AvgIpc) is 2.14. The van der Waals surface area contributed by atoms with Gasteiger partial charge in [0, 0.05) is 17.5 Å². The van der Waals surface area contributed by atoms with Crippen molar-refractivity contribution < 1.29 is 0 Å². The van der Waals surface area contributed by atoms with Gasteiger partial charge < -0.3 is 11.1 Å². The van der Waals surface area contributed by atoms with Gasteiger partial charge in [0.1, 0.15) is 0 Å². The molecule has 0 spiro atoms. The summed E-state index contributed by atoms with van der Waals surface area (Å²) in [5.74, 6) is 1.07. The lowest BCUT2D eigenvalue weighted by Gasteiger charge is -2.16. The molecule has 0 radical (unpaired) electrons. The van der Waals surface area contributed by atoms with Crippen molar-refractivity contribution in [3.63, 3.8) is 0 Å². The highest BCUT2D eigenvalue weighted by Gasteiger charge is 2.06. The van der Waals surface area contributed by atoms with Crippen molar-refractivity contribution in [2.75, 3.05) is 23.1 Å². The molecular weight excluding hydrogens is 228 g/mol. The second-order valence-electron chi connectivity index (χ2n) is 3.69. The monoisotopic (exact) mass is 244 g/mol. The minimum absolute atomic E-state index is 0.429. The highest BCUT2D eigenvalue weighted by atomic mass is 35.5. The molecule has 1 atom stereocenters. The third-order valence-corrected chi connectivity index (χ3v) is 3.32. The van der Waals surface area contributed by atoms with Crippen molar-refractivity contribution in [1.82, 2.24) is 0 Å². The molecule has 3 N–H and O–H groups in total. The summed E-state index contributed by atoms with van der Waals surface area (Å²) in [5, 5.41) is 4.03. The molecule has 1 aromatic rings. The topological polar surface area (TPSA) is 38.0 Å². The van der Waals surface area contributed by atoms with Gasteiger partial charge in [-0.05, 0) is 37.8 Å². The van der Waals surface area contributed by atoms with Crippen LogP contribution < -0.4 is 11.1 Å². The van der Waals surface area contributed by atoms with Crippen molar-refractivity contribution in [3.8, 4) is 0 Å². The minimum Gasteiger partial charge on any atom is -0.398 e. The number of thioether (sulfide) groups is 1. The van der Waals surface area contributed by atoms with E-state index in [4.69, 9.17) is 17.3 Å². The van der Waals surface area contributed by atoms with E-state index in [1.165, 1.54) is 0 Å². The van der Waals surface area contributed by atoms with Crippen molar-refractivity contribution in [2.45, 2.75) is 19.9 Å². The summed E-state index contributed by atoms with van der Waals surface area (Å²) in [6, 6.07) is 4.22. The Morgan fingerprint density at radius 3 is 2.80 bits per heavy atom. The molecule has 0 aliphatic rings. The van der Waals surface area contributed by atoms with Gasteiger partial charge in [0.15, 0.2) is 0 Å². The van der Waals surface area contributed by atoms with Crippen LogP contribution in [0, 0.1) is 6.92 Å². The van der Waals surface area contributed by atoms with Crippen LogP contribution in [0.15, 0.2) is 12.1 Å². The number of anilines is 2. The second kappa shape index (κ2) is 5.52. The quantitative estimate of drug-likeness (QED) is 0.798. The highest BCUT2D eigenvalue weighted by Crippen LogP contribution is 2.27. The van der Waals surface area contributed by atoms with Crippen LogP contribution in [0.2, 0.25) is 5.02 Å². The van der Waals surface area contributed by atoms with Crippen molar-refractivity contribution >= 4 is 34.7 Å². The summed E-state index contributed by atoms with van der Waals surface area (Å²) in [6.07, 6.45) is 2.10. The Bertz CT molecular complexity index is 342. The molecule has 0 aliphatic heterocycles. The summed E-state index contributed by atoms with van der Waals surface area (Å²) in [7, 11) is 0. The van der Waals surface area contributed by atoms with E-state index in [1.54, 1.807) is 0 Å². The van der Waals surface area contributed by atoms with Crippen LogP contribution in [0.5, 0.6) is 0 Å². The maximum absolute atomic E-state index is 5.98. The number of hydrogen-bond acceptors (Lipinski definition) is 3. The number of rotatable bonds is 4. The van der Waals surface area contributed by atoms with E-state index >= 15 is 0 Å². The van der Waals surface area contributed by atoms with Crippen molar-refractivity contribution in [2.24, 2.45) is 0 Å². The Morgan fingerprint density at radius 1 is 1.53 bits per heavy atom. The van der Waals surface area contributed by atoms with Crippen LogP contribution in [0.1, 0.15) is 12.5 Å². The zero-order chi connectivity index (χ0) is 11.4. The van der Waals surface area contributed by atoms with Crippen LogP contribution in [-0.2, 0) is 0 Å². The smallest absolute Gasteiger partial charge is 0.0656 e. The molecule has 0 bridgehead atoms. The number of hydrogen-bond donors (Lipinski definition) is 2. The summed E-state index contributed by atoms with van der Waals surface area (Å²) in [4.78, 5) is 0. The molecule has 0 aromatic heterocycles. The van der Waals surface area contributed by atoms with Gasteiger partial charge in [0.2, 0.25) is 0 Å². The lowest BCUT2D eigenvalue weighted by Crippen LogP contribution is -2.18. The predicted octanol–water partition coefficient (Wildman–Crippen LogP) is 3.39. The molecule has 15 heavy (non-hydrogen) atoms. The molecule has 0 heterocycles. The number of aryl methyl sites for hydroxylation is 1. The maximum Gasteiger partial charge on any atom is 0.0656 e. The van der Waals surface area contributed by atoms with Gasteiger partial charge in [-0.3, -0.25) is 0 Å². The SMILES string of the molecule is CSCC(C)Nc1cc(Cl)c(N)cc1C. The molecule has 1 aromatic carbocycles. The van der Waals surface area contributed by atoms with E-state index in [-0.39, 0.29) is 0 Å². The Hall–Kier alpha value is -0.540. The lowest BCUT2D eigenvalue weighted by atomic mass is 10.1. The highest BCUT2D eigenvalue weighted by molar-refractivity contribution is 7.98. The largest absolute Gasteiger partial charge is 0.398 e. The van der Waals surface area contributed by atoms with Gasteiger partial charge in [-0.2, -0.15) is 11.8 Å². The summed E-state index contributed by atoms with van der Waals surface area (Å²) < 4.78 is 0. The van der Waals surface area contributed by atoms with Crippen LogP contribution in [0.3, 0.4) is 0 Å². The molecule has 1 unspecified atom stereocenters. The van der Waals surface area contributed by atoms with Crippen LogP contribution >= 0.6 is 23.4 Å². The van der Waals surface area contributed by atoms with Crippen LogP contribution in [0.4, 0.5) is 11.4 Å². The molecule has 0 saturated heterocycles. The normalized spacial score (nSPS) is 12.5. The first-order valence-electron chi connectivity index (χ1n) is 4.85. The fourth-order valence-electron chi connectivity index (χ4n) is 1.42. The second-order valence-corrected chi connectivity index (χ2v) is 5.01. The molecule has 0 amide bonds. The van der Waals surface area contributed by atoms with E-state index in [1.807, 2.05) is 30.8 Å². The fourth-order valence-corrected chi connectivity index (χ4v) is 2.16. The Balaban J connectivity index is 2.81. The van der Waals surface area contributed by atoms with Gasteiger partial charge in [-0.15, -0.1) is 0 Å². The molecule has 0 fully saturated rings. The first kappa shape index (κ1) is 12.5.